The lowest BCUT2D eigenvalue weighted by Gasteiger charge is -2.21. The highest BCUT2D eigenvalue weighted by Gasteiger charge is 2.30. The number of aliphatic hydroxyl groups is 1. The number of phosphoric ester groups is 2. The average molecular weight is 1400 g/mol. The monoisotopic (exact) mass is 1400 g/mol. The highest BCUT2D eigenvalue weighted by molar-refractivity contribution is 7.47. The molecule has 19 heteroatoms. The second-order valence-corrected chi connectivity index (χ2v) is 30.5. The molecule has 0 amide bonds. The molecule has 564 valence electrons. The summed E-state index contributed by atoms with van der Waals surface area (Å²) in [7, 11) is -9.90. The topological polar surface area (TPSA) is 237 Å². The first-order chi connectivity index (χ1) is 46.1. The number of phosphoric acid groups is 2. The SMILES string of the molecule is CCCCCCCCCCCCCCCCCCCC(=O)OC[C@H](COP(=O)(O)OC[C@@H](O)COP(=O)(O)OC[C@@H](COC(=O)CCCCCCCCCC)OC(=O)CCCCCCCCCC)OC(=O)CCCCCCCCCCCCCCCCCCCCC(C)CC. The van der Waals surface area contributed by atoms with Crippen LogP contribution >= 0.6 is 15.6 Å². The van der Waals surface area contributed by atoms with Crippen LogP contribution in [0.5, 0.6) is 0 Å². The maximum atomic E-state index is 13.1. The van der Waals surface area contributed by atoms with E-state index in [2.05, 4.69) is 34.6 Å². The van der Waals surface area contributed by atoms with Gasteiger partial charge in [-0.05, 0) is 31.6 Å². The fourth-order valence-electron chi connectivity index (χ4n) is 11.7. The minimum absolute atomic E-state index is 0.105. The third kappa shape index (κ3) is 69.0. The standard InChI is InChI=1S/C76H148O17P2/c1-6-10-13-16-19-22-23-24-25-28-32-35-38-41-46-50-55-60-74(79)87-66-72(93-76(81)62-57-52-47-42-39-36-33-30-27-26-29-31-34-37-40-43-48-53-58-69(5)9-4)68-91-95(84,85)89-64-70(77)63-88-94(82,83)90-67-71(92-75(80)61-56-51-45-21-18-15-12-8-3)65-86-73(78)59-54-49-44-20-17-14-11-7-2/h69-72,77H,6-68H2,1-5H3,(H,82,83)(H,84,85)/t69?,70-,71+,72+/m0/s1. The van der Waals surface area contributed by atoms with Crippen molar-refractivity contribution >= 4 is 39.5 Å². The van der Waals surface area contributed by atoms with Crippen LogP contribution in [0.3, 0.4) is 0 Å². The molecule has 0 rings (SSSR count). The van der Waals surface area contributed by atoms with E-state index in [0.717, 1.165) is 109 Å². The van der Waals surface area contributed by atoms with Gasteiger partial charge in [0.05, 0.1) is 26.4 Å². The van der Waals surface area contributed by atoms with Crippen molar-refractivity contribution in [3.05, 3.63) is 0 Å². The Bertz CT molecular complexity index is 1820. The second kappa shape index (κ2) is 69.2. The molecule has 0 radical (unpaired) electrons. The van der Waals surface area contributed by atoms with Gasteiger partial charge >= 0.3 is 39.5 Å². The minimum Gasteiger partial charge on any atom is -0.462 e. The summed E-state index contributed by atoms with van der Waals surface area (Å²) in [5.41, 5.74) is 0. The average Bonchev–Trinajstić information content (AvgIpc) is 1.85. The molecular weight excluding hydrogens is 1250 g/mol. The van der Waals surface area contributed by atoms with Crippen molar-refractivity contribution in [1.29, 1.82) is 0 Å². The van der Waals surface area contributed by atoms with Gasteiger partial charge in [-0.3, -0.25) is 37.3 Å². The van der Waals surface area contributed by atoms with Crippen LogP contribution in [-0.4, -0.2) is 96.7 Å². The van der Waals surface area contributed by atoms with E-state index < -0.39 is 97.5 Å². The summed E-state index contributed by atoms with van der Waals surface area (Å²) in [5, 5.41) is 10.6. The van der Waals surface area contributed by atoms with E-state index in [1.807, 2.05) is 0 Å². The minimum atomic E-state index is -4.96. The van der Waals surface area contributed by atoms with Crippen molar-refractivity contribution in [1.82, 2.24) is 0 Å². The Morgan fingerprint density at radius 1 is 0.295 bits per heavy atom. The highest BCUT2D eigenvalue weighted by Crippen LogP contribution is 2.45. The maximum Gasteiger partial charge on any atom is 0.472 e. The van der Waals surface area contributed by atoms with Crippen molar-refractivity contribution in [3.63, 3.8) is 0 Å². The Morgan fingerprint density at radius 2 is 0.505 bits per heavy atom. The molecule has 95 heavy (non-hydrogen) atoms. The predicted molar refractivity (Wildman–Crippen MR) is 386 cm³/mol. The molecule has 0 aromatic carbocycles. The van der Waals surface area contributed by atoms with Crippen molar-refractivity contribution in [2.75, 3.05) is 39.6 Å². The van der Waals surface area contributed by atoms with E-state index in [4.69, 9.17) is 37.0 Å². The highest BCUT2D eigenvalue weighted by atomic mass is 31.2. The van der Waals surface area contributed by atoms with Gasteiger partial charge in [-0.15, -0.1) is 0 Å². The molecule has 0 aliphatic rings. The van der Waals surface area contributed by atoms with Gasteiger partial charge in [0.1, 0.15) is 19.3 Å². The van der Waals surface area contributed by atoms with E-state index in [0.29, 0.717) is 25.7 Å². The molecule has 0 spiro atoms. The van der Waals surface area contributed by atoms with Crippen LogP contribution < -0.4 is 0 Å². The van der Waals surface area contributed by atoms with Crippen LogP contribution in [0.4, 0.5) is 0 Å². The Morgan fingerprint density at radius 3 is 0.747 bits per heavy atom. The Balaban J connectivity index is 5.13. The molecular formula is C76H148O17P2. The van der Waals surface area contributed by atoms with Gasteiger partial charge in [-0.1, -0.05) is 349 Å². The van der Waals surface area contributed by atoms with Gasteiger partial charge in [-0.25, -0.2) is 9.13 Å². The first-order valence-corrected chi connectivity index (χ1v) is 42.7. The van der Waals surface area contributed by atoms with Gasteiger partial charge in [0.2, 0.25) is 0 Å². The second-order valence-electron chi connectivity index (χ2n) is 27.6. The molecule has 0 saturated carbocycles. The number of unbranched alkanes of at least 4 members (excludes halogenated alkanes) is 47. The first-order valence-electron chi connectivity index (χ1n) is 39.7. The van der Waals surface area contributed by atoms with E-state index in [1.54, 1.807) is 0 Å². The fraction of sp³-hybridized carbons (Fsp3) is 0.947. The third-order valence-electron chi connectivity index (χ3n) is 18.1. The zero-order valence-corrected chi connectivity index (χ0v) is 63.6. The van der Waals surface area contributed by atoms with Gasteiger partial charge in [0, 0.05) is 25.7 Å². The fourth-order valence-corrected chi connectivity index (χ4v) is 13.3. The van der Waals surface area contributed by atoms with Gasteiger partial charge < -0.3 is 33.8 Å². The largest absolute Gasteiger partial charge is 0.472 e. The lowest BCUT2D eigenvalue weighted by Crippen LogP contribution is -2.30. The predicted octanol–water partition coefficient (Wildman–Crippen LogP) is 22.5. The molecule has 0 aromatic heterocycles. The van der Waals surface area contributed by atoms with Gasteiger partial charge in [0.15, 0.2) is 12.2 Å². The van der Waals surface area contributed by atoms with Crippen LogP contribution in [0.1, 0.15) is 401 Å². The molecule has 3 N–H and O–H groups in total. The zero-order valence-electron chi connectivity index (χ0n) is 61.8. The number of ether oxygens (including phenoxy) is 4. The lowest BCUT2D eigenvalue weighted by molar-refractivity contribution is -0.161. The molecule has 0 aliphatic carbocycles. The normalized spacial score (nSPS) is 14.2. The van der Waals surface area contributed by atoms with Crippen LogP contribution in [-0.2, 0) is 65.4 Å². The summed E-state index contributed by atoms with van der Waals surface area (Å²) < 4.78 is 68.3. The summed E-state index contributed by atoms with van der Waals surface area (Å²) in [6.45, 7) is 7.30. The molecule has 0 saturated heterocycles. The molecule has 0 aromatic rings. The smallest absolute Gasteiger partial charge is 0.462 e. The van der Waals surface area contributed by atoms with E-state index in [9.17, 15) is 43.2 Å². The van der Waals surface area contributed by atoms with Crippen LogP contribution in [0, 0.1) is 5.92 Å². The summed E-state index contributed by atoms with van der Waals surface area (Å²) in [5.74, 6) is -1.25. The molecule has 0 fully saturated rings. The van der Waals surface area contributed by atoms with E-state index in [-0.39, 0.29) is 25.7 Å². The number of hydrogen-bond donors (Lipinski definition) is 3. The number of hydrogen-bond acceptors (Lipinski definition) is 15. The molecule has 0 bridgehead atoms. The summed E-state index contributed by atoms with van der Waals surface area (Å²) in [6, 6.07) is 0. The number of aliphatic hydroxyl groups excluding tert-OH is 1. The van der Waals surface area contributed by atoms with Crippen molar-refractivity contribution in [2.24, 2.45) is 5.92 Å². The van der Waals surface area contributed by atoms with Gasteiger partial charge in [-0.2, -0.15) is 0 Å². The summed E-state index contributed by atoms with van der Waals surface area (Å²) in [4.78, 5) is 72.5. The molecule has 0 heterocycles. The van der Waals surface area contributed by atoms with Crippen LogP contribution in [0.2, 0.25) is 0 Å². The summed E-state index contributed by atoms with van der Waals surface area (Å²) in [6.07, 6.45) is 58.5. The number of rotatable bonds is 76. The Labute approximate surface area is 581 Å². The first kappa shape index (κ1) is 93.1. The number of carbonyl (C=O) groups is 4. The molecule has 6 atom stereocenters. The molecule has 0 aliphatic heterocycles. The Hall–Kier alpha value is -1.94. The van der Waals surface area contributed by atoms with E-state index in [1.165, 1.54) is 212 Å². The lowest BCUT2D eigenvalue weighted by atomic mass is 9.99. The molecule has 17 nitrogen and oxygen atoms in total. The van der Waals surface area contributed by atoms with Crippen molar-refractivity contribution < 1.29 is 80.2 Å². The summed E-state index contributed by atoms with van der Waals surface area (Å²) >= 11 is 0. The molecule has 3 unspecified atom stereocenters. The third-order valence-corrected chi connectivity index (χ3v) is 20.0. The van der Waals surface area contributed by atoms with Crippen molar-refractivity contribution in [2.45, 2.75) is 419 Å². The number of carbonyl (C=O) groups excluding carboxylic acids is 4. The van der Waals surface area contributed by atoms with Crippen LogP contribution in [0.25, 0.3) is 0 Å². The van der Waals surface area contributed by atoms with Crippen LogP contribution in [0.15, 0.2) is 0 Å². The zero-order chi connectivity index (χ0) is 69.8. The number of esters is 4. The van der Waals surface area contributed by atoms with Gasteiger partial charge in [0.25, 0.3) is 0 Å². The van der Waals surface area contributed by atoms with E-state index >= 15 is 0 Å². The van der Waals surface area contributed by atoms with Crippen molar-refractivity contribution in [3.8, 4) is 0 Å². The Kier molecular flexibility index (Phi) is 67.7. The maximum absolute atomic E-state index is 13.1. The quantitative estimate of drug-likeness (QED) is 0.0222.